The van der Waals surface area contributed by atoms with Gasteiger partial charge in [0.1, 0.15) is 5.75 Å². The normalized spacial score (nSPS) is 10.0. The molecule has 76 valence electrons. The number of hydrogen-bond acceptors (Lipinski definition) is 1. The maximum Gasteiger partial charge on any atom is 0.132 e. The molecule has 0 N–H and O–H groups in total. The van der Waals surface area contributed by atoms with Crippen LogP contribution in [-0.2, 0) is 0 Å². The van der Waals surface area contributed by atoms with Crippen molar-refractivity contribution in [2.75, 3.05) is 7.11 Å². The Morgan fingerprint density at radius 1 is 0.933 bits per heavy atom. The molecule has 0 heterocycles. The number of methoxy groups -OCH3 is 1. The van der Waals surface area contributed by atoms with Gasteiger partial charge < -0.3 is 4.74 Å². The van der Waals surface area contributed by atoms with E-state index in [-0.39, 0.29) is 0 Å². The molecule has 2 aromatic rings. The first-order valence-electron chi connectivity index (χ1n) is 4.70. The minimum Gasteiger partial charge on any atom is -0.496 e. The first-order valence-corrected chi connectivity index (χ1v) is 5.78. The van der Waals surface area contributed by atoms with Gasteiger partial charge in [0.25, 0.3) is 0 Å². The molecule has 0 aromatic heterocycles. The number of rotatable bonds is 2. The van der Waals surface area contributed by atoms with Gasteiger partial charge in [-0.1, -0.05) is 36.4 Å². The lowest BCUT2D eigenvalue weighted by molar-refractivity contribution is 0.412. The van der Waals surface area contributed by atoms with Gasteiger partial charge in [0.05, 0.1) is 10.7 Å². The molecule has 0 bridgehead atoms. The van der Waals surface area contributed by atoms with Crippen LogP contribution in [0.2, 0.25) is 0 Å². The molecule has 0 saturated heterocycles. The predicted octanol–water partition coefficient (Wildman–Crippen LogP) is 3.97. The zero-order valence-corrected chi connectivity index (χ0v) is 10.6. The molecule has 0 aliphatic heterocycles. The molecule has 0 amide bonds. The third kappa shape index (κ3) is 2.31. The minimum absolute atomic E-state index is 0.926. The summed E-state index contributed by atoms with van der Waals surface area (Å²) in [5, 5.41) is 0. The lowest BCUT2D eigenvalue weighted by atomic mass is 10.1. The molecule has 0 aliphatic rings. The van der Waals surface area contributed by atoms with E-state index in [1.807, 2.05) is 24.3 Å². The molecule has 1 nitrogen and oxygen atoms in total. The van der Waals surface area contributed by atoms with Crippen LogP contribution in [0.4, 0.5) is 0 Å². The highest BCUT2D eigenvalue weighted by Crippen LogP contribution is 2.27. The van der Waals surface area contributed by atoms with E-state index in [0.717, 1.165) is 9.32 Å². The fourth-order valence-corrected chi connectivity index (χ4v) is 2.21. The average Bonchev–Trinajstić information content (AvgIpc) is 2.30. The number of ether oxygens (including phenoxy) is 1. The summed E-state index contributed by atoms with van der Waals surface area (Å²) < 4.78 is 6.36. The number of halogens is 1. The van der Waals surface area contributed by atoms with Crippen molar-refractivity contribution in [3.8, 4) is 16.9 Å². The standard InChI is InChI=1S/C13H11IO/c1-15-13-8-7-11(9-12(13)14)10-5-3-2-4-6-10/h2-9H,1H3. The van der Waals surface area contributed by atoms with Crippen LogP contribution in [-0.4, -0.2) is 7.11 Å². The lowest BCUT2D eigenvalue weighted by Crippen LogP contribution is -1.87. The highest BCUT2D eigenvalue weighted by Gasteiger charge is 2.02. The van der Waals surface area contributed by atoms with Gasteiger partial charge in [-0.2, -0.15) is 0 Å². The first-order chi connectivity index (χ1) is 7.31. The molecular weight excluding hydrogens is 299 g/mol. The van der Waals surface area contributed by atoms with Crippen LogP contribution in [0, 0.1) is 3.57 Å². The molecule has 0 fully saturated rings. The second-order valence-electron chi connectivity index (χ2n) is 3.22. The summed E-state index contributed by atoms with van der Waals surface area (Å²) in [5.41, 5.74) is 2.46. The fourth-order valence-electron chi connectivity index (χ4n) is 1.48. The monoisotopic (exact) mass is 310 g/mol. The molecule has 2 aromatic carbocycles. The van der Waals surface area contributed by atoms with Crippen molar-refractivity contribution in [1.82, 2.24) is 0 Å². The largest absolute Gasteiger partial charge is 0.496 e. The molecule has 0 aliphatic carbocycles. The molecular formula is C13H11IO. The van der Waals surface area contributed by atoms with Gasteiger partial charge in [0.2, 0.25) is 0 Å². The quantitative estimate of drug-likeness (QED) is 0.763. The summed E-state index contributed by atoms with van der Waals surface area (Å²) >= 11 is 2.29. The fraction of sp³-hybridized carbons (Fsp3) is 0.0769. The third-order valence-electron chi connectivity index (χ3n) is 2.26. The van der Waals surface area contributed by atoms with Crippen LogP contribution in [0.25, 0.3) is 11.1 Å². The van der Waals surface area contributed by atoms with Crippen LogP contribution in [0.1, 0.15) is 0 Å². The van der Waals surface area contributed by atoms with Gasteiger partial charge in [0.15, 0.2) is 0 Å². The van der Waals surface area contributed by atoms with Crippen LogP contribution in [0.15, 0.2) is 48.5 Å². The van der Waals surface area contributed by atoms with Gasteiger partial charge in [-0.3, -0.25) is 0 Å². The summed E-state index contributed by atoms with van der Waals surface area (Å²) in [6.07, 6.45) is 0. The summed E-state index contributed by atoms with van der Waals surface area (Å²) in [7, 11) is 1.69. The second-order valence-corrected chi connectivity index (χ2v) is 4.38. The van der Waals surface area contributed by atoms with Crippen molar-refractivity contribution in [2.45, 2.75) is 0 Å². The van der Waals surface area contributed by atoms with E-state index >= 15 is 0 Å². The summed E-state index contributed by atoms with van der Waals surface area (Å²) in [4.78, 5) is 0. The Bertz CT molecular complexity index is 451. The zero-order valence-electron chi connectivity index (χ0n) is 8.41. The number of hydrogen-bond donors (Lipinski definition) is 0. The Hall–Kier alpha value is -1.03. The van der Waals surface area contributed by atoms with Crippen molar-refractivity contribution in [3.05, 3.63) is 52.1 Å². The Kier molecular flexibility index (Phi) is 3.26. The minimum atomic E-state index is 0.926. The van der Waals surface area contributed by atoms with Gasteiger partial charge in [-0.25, -0.2) is 0 Å². The Labute approximate surface area is 103 Å². The van der Waals surface area contributed by atoms with E-state index in [2.05, 4.69) is 46.9 Å². The van der Waals surface area contributed by atoms with Gasteiger partial charge in [0, 0.05) is 0 Å². The van der Waals surface area contributed by atoms with Crippen molar-refractivity contribution < 1.29 is 4.74 Å². The van der Waals surface area contributed by atoms with E-state index in [0.29, 0.717) is 0 Å². The predicted molar refractivity (Wildman–Crippen MR) is 71.1 cm³/mol. The van der Waals surface area contributed by atoms with Crippen LogP contribution in [0.5, 0.6) is 5.75 Å². The molecule has 15 heavy (non-hydrogen) atoms. The molecule has 0 unspecified atom stereocenters. The topological polar surface area (TPSA) is 9.23 Å². The molecule has 2 heteroatoms. The van der Waals surface area contributed by atoms with Crippen molar-refractivity contribution in [2.24, 2.45) is 0 Å². The van der Waals surface area contributed by atoms with Crippen LogP contribution in [0.3, 0.4) is 0 Å². The van der Waals surface area contributed by atoms with E-state index < -0.39 is 0 Å². The molecule has 2 rings (SSSR count). The molecule has 0 radical (unpaired) electrons. The lowest BCUT2D eigenvalue weighted by Gasteiger charge is -2.06. The summed E-state index contributed by atoms with van der Waals surface area (Å²) in [6, 6.07) is 16.6. The smallest absolute Gasteiger partial charge is 0.132 e. The van der Waals surface area contributed by atoms with Crippen molar-refractivity contribution in [1.29, 1.82) is 0 Å². The Balaban J connectivity index is 2.43. The van der Waals surface area contributed by atoms with E-state index in [9.17, 15) is 0 Å². The average molecular weight is 310 g/mol. The maximum absolute atomic E-state index is 5.23. The van der Waals surface area contributed by atoms with E-state index in [4.69, 9.17) is 4.74 Å². The highest BCUT2D eigenvalue weighted by atomic mass is 127. The second kappa shape index (κ2) is 4.66. The van der Waals surface area contributed by atoms with Gasteiger partial charge in [-0.15, -0.1) is 0 Å². The SMILES string of the molecule is COc1ccc(-c2ccccc2)cc1I. The van der Waals surface area contributed by atoms with E-state index in [1.165, 1.54) is 11.1 Å². The molecule has 0 spiro atoms. The number of benzene rings is 2. The van der Waals surface area contributed by atoms with Crippen molar-refractivity contribution >= 4 is 22.6 Å². The Morgan fingerprint density at radius 2 is 1.67 bits per heavy atom. The van der Waals surface area contributed by atoms with Gasteiger partial charge in [-0.05, 0) is 45.9 Å². The van der Waals surface area contributed by atoms with Crippen molar-refractivity contribution in [3.63, 3.8) is 0 Å². The van der Waals surface area contributed by atoms with E-state index in [1.54, 1.807) is 7.11 Å². The Morgan fingerprint density at radius 3 is 2.27 bits per heavy atom. The summed E-state index contributed by atoms with van der Waals surface area (Å²) in [5.74, 6) is 0.926. The molecule has 0 atom stereocenters. The zero-order chi connectivity index (χ0) is 10.7. The maximum atomic E-state index is 5.23. The first kappa shape index (κ1) is 10.5. The van der Waals surface area contributed by atoms with Gasteiger partial charge >= 0.3 is 0 Å². The van der Waals surface area contributed by atoms with Crippen LogP contribution >= 0.6 is 22.6 Å². The summed E-state index contributed by atoms with van der Waals surface area (Å²) in [6.45, 7) is 0. The molecule has 0 saturated carbocycles. The third-order valence-corrected chi connectivity index (χ3v) is 3.10. The van der Waals surface area contributed by atoms with Crippen LogP contribution < -0.4 is 4.74 Å². The highest BCUT2D eigenvalue weighted by molar-refractivity contribution is 14.1.